The lowest BCUT2D eigenvalue weighted by Crippen LogP contribution is -2.70. The molecule has 2 aliphatic rings. The van der Waals surface area contributed by atoms with Gasteiger partial charge < -0.3 is 5.32 Å². The standard InChI is InChI=1S/C18H24ClN3O4S/c1-18(17(24)20-14-5-3-4-6-14)12-21(27(2,25)26)11-16(23)22(18)15-9-7-13(19)8-10-15/h7-10,14H,3-6,11-12H2,1-2H3,(H,20,24)/t18-/m1/s1. The van der Waals surface area contributed by atoms with Crippen molar-refractivity contribution in [2.75, 3.05) is 24.2 Å². The molecule has 1 N–H and O–H groups in total. The lowest BCUT2D eigenvalue weighted by atomic mass is 9.94. The highest BCUT2D eigenvalue weighted by atomic mass is 35.5. The van der Waals surface area contributed by atoms with Crippen molar-refractivity contribution in [3.8, 4) is 0 Å². The molecule has 27 heavy (non-hydrogen) atoms. The van der Waals surface area contributed by atoms with Crippen molar-refractivity contribution < 1.29 is 18.0 Å². The number of halogens is 1. The third-order valence-corrected chi connectivity index (χ3v) is 6.72. The molecule has 1 aliphatic heterocycles. The zero-order chi connectivity index (χ0) is 19.8. The average Bonchev–Trinajstić information content (AvgIpc) is 3.08. The number of nitrogens with zero attached hydrogens (tertiary/aromatic N) is 2. The highest BCUT2D eigenvalue weighted by Crippen LogP contribution is 2.32. The maximum Gasteiger partial charge on any atom is 0.247 e. The molecule has 1 saturated heterocycles. The summed E-state index contributed by atoms with van der Waals surface area (Å²) in [6.07, 6.45) is 4.94. The Kier molecular flexibility index (Phi) is 5.52. The van der Waals surface area contributed by atoms with Gasteiger partial charge in [-0.05, 0) is 44.0 Å². The van der Waals surface area contributed by atoms with Crippen LogP contribution in [0.1, 0.15) is 32.6 Å². The first-order valence-electron chi connectivity index (χ1n) is 8.96. The molecule has 1 aliphatic carbocycles. The number of sulfonamides is 1. The third-order valence-electron chi connectivity index (χ3n) is 5.27. The molecule has 0 radical (unpaired) electrons. The number of rotatable bonds is 4. The number of hydrogen-bond donors (Lipinski definition) is 1. The van der Waals surface area contributed by atoms with E-state index in [1.54, 1.807) is 31.2 Å². The van der Waals surface area contributed by atoms with Crippen LogP contribution >= 0.6 is 11.6 Å². The Labute approximate surface area is 164 Å². The van der Waals surface area contributed by atoms with E-state index >= 15 is 0 Å². The van der Waals surface area contributed by atoms with Gasteiger partial charge in [0.2, 0.25) is 21.8 Å². The van der Waals surface area contributed by atoms with Crippen LogP contribution in [0.3, 0.4) is 0 Å². The Morgan fingerprint density at radius 3 is 2.37 bits per heavy atom. The highest BCUT2D eigenvalue weighted by Gasteiger charge is 2.50. The van der Waals surface area contributed by atoms with Gasteiger partial charge in [-0.2, -0.15) is 4.31 Å². The van der Waals surface area contributed by atoms with Gasteiger partial charge in [0.1, 0.15) is 5.54 Å². The van der Waals surface area contributed by atoms with Crippen molar-refractivity contribution in [1.29, 1.82) is 0 Å². The second-order valence-corrected chi connectivity index (χ2v) is 9.88. The minimum Gasteiger partial charge on any atom is -0.351 e. The quantitative estimate of drug-likeness (QED) is 0.814. The van der Waals surface area contributed by atoms with Gasteiger partial charge in [-0.3, -0.25) is 14.5 Å². The predicted molar refractivity (Wildman–Crippen MR) is 104 cm³/mol. The predicted octanol–water partition coefficient (Wildman–Crippen LogP) is 1.77. The van der Waals surface area contributed by atoms with Crippen LogP contribution in [0.25, 0.3) is 0 Å². The van der Waals surface area contributed by atoms with Crippen molar-refractivity contribution in [3.63, 3.8) is 0 Å². The van der Waals surface area contributed by atoms with Crippen LogP contribution in [0.5, 0.6) is 0 Å². The summed E-state index contributed by atoms with van der Waals surface area (Å²) >= 11 is 5.95. The van der Waals surface area contributed by atoms with Gasteiger partial charge in [-0.1, -0.05) is 24.4 Å². The van der Waals surface area contributed by atoms with Gasteiger partial charge >= 0.3 is 0 Å². The van der Waals surface area contributed by atoms with Crippen molar-refractivity contribution in [2.24, 2.45) is 0 Å². The van der Waals surface area contributed by atoms with Gasteiger partial charge in [0.25, 0.3) is 0 Å². The molecule has 0 unspecified atom stereocenters. The smallest absolute Gasteiger partial charge is 0.247 e. The fourth-order valence-corrected chi connectivity index (χ4v) is 4.76. The molecule has 0 spiro atoms. The average molecular weight is 414 g/mol. The molecule has 148 valence electrons. The van der Waals surface area contributed by atoms with E-state index in [1.165, 1.54) is 4.90 Å². The van der Waals surface area contributed by atoms with Crippen LogP contribution in [-0.2, 0) is 19.6 Å². The monoisotopic (exact) mass is 413 g/mol. The van der Waals surface area contributed by atoms with Crippen LogP contribution in [0.15, 0.2) is 24.3 Å². The summed E-state index contributed by atoms with van der Waals surface area (Å²) in [7, 11) is -3.62. The number of carbonyl (C=O) groups excluding carboxylic acids is 2. The molecule has 3 rings (SSSR count). The second-order valence-electron chi connectivity index (χ2n) is 7.47. The number of piperazine rings is 1. The molecule has 1 saturated carbocycles. The highest BCUT2D eigenvalue weighted by molar-refractivity contribution is 7.88. The van der Waals surface area contributed by atoms with Crippen molar-refractivity contribution in [1.82, 2.24) is 9.62 Å². The Balaban J connectivity index is 1.98. The Morgan fingerprint density at radius 2 is 1.81 bits per heavy atom. The number of benzene rings is 1. The van der Waals surface area contributed by atoms with Crippen LogP contribution in [0.4, 0.5) is 5.69 Å². The molecule has 0 aromatic heterocycles. The fourth-order valence-electron chi connectivity index (χ4n) is 3.80. The molecule has 1 aromatic carbocycles. The Morgan fingerprint density at radius 1 is 1.22 bits per heavy atom. The minimum absolute atomic E-state index is 0.0603. The van der Waals surface area contributed by atoms with Crippen LogP contribution in [0.2, 0.25) is 5.02 Å². The maximum atomic E-state index is 13.2. The van der Waals surface area contributed by atoms with Crippen molar-refractivity contribution in [2.45, 2.75) is 44.2 Å². The molecule has 1 heterocycles. The van der Waals surface area contributed by atoms with E-state index in [4.69, 9.17) is 11.6 Å². The zero-order valence-corrected chi connectivity index (χ0v) is 17.0. The summed E-state index contributed by atoms with van der Waals surface area (Å²) in [5, 5.41) is 3.52. The Hall–Kier alpha value is -1.64. The summed E-state index contributed by atoms with van der Waals surface area (Å²) in [6.45, 7) is 1.22. The van der Waals surface area contributed by atoms with E-state index in [2.05, 4.69) is 5.32 Å². The van der Waals surface area contributed by atoms with Gasteiger partial charge in [0, 0.05) is 23.3 Å². The van der Waals surface area contributed by atoms with E-state index in [1.807, 2.05) is 0 Å². The van der Waals surface area contributed by atoms with E-state index in [-0.39, 0.29) is 25.0 Å². The first-order valence-corrected chi connectivity index (χ1v) is 11.2. The summed E-state index contributed by atoms with van der Waals surface area (Å²) in [4.78, 5) is 27.5. The normalized spacial score (nSPS) is 25.0. The third kappa shape index (κ3) is 4.12. The van der Waals surface area contributed by atoms with Crippen LogP contribution < -0.4 is 10.2 Å². The number of amides is 2. The number of anilines is 1. The molecule has 0 bridgehead atoms. The van der Waals surface area contributed by atoms with Crippen molar-refractivity contribution >= 4 is 39.1 Å². The molecule has 2 fully saturated rings. The lowest BCUT2D eigenvalue weighted by molar-refractivity contribution is -0.133. The summed E-state index contributed by atoms with van der Waals surface area (Å²) in [5.41, 5.74) is -0.837. The molecule has 7 nitrogen and oxygen atoms in total. The van der Waals surface area contributed by atoms with E-state index in [0.29, 0.717) is 10.7 Å². The number of hydrogen-bond acceptors (Lipinski definition) is 4. The van der Waals surface area contributed by atoms with Crippen LogP contribution in [-0.4, -0.2) is 55.5 Å². The molecular weight excluding hydrogens is 390 g/mol. The minimum atomic E-state index is -3.62. The molecule has 1 aromatic rings. The Bertz CT molecular complexity index is 837. The fraction of sp³-hybridized carbons (Fsp3) is 0.556. The van der Waals surface area contributed by atoms with Gasteiger partial charge in [-0.25, -0.2) is 8.42 Å². The second kappa shape index (κ2) is 7.41. The summed E-state index contributed by atoms with van der Waals surface area (Å²) in [5.74, 6) is -0.788. The van der Waals surface area contributed by atoms with Crippen LogP contribution in [0, 0.1) is 0 Å². The first-order chi connectivity index (χ1) is 12.6. The number of nitrogens with one attached hydrogen (secondary N) is 1. The zero-order valence-electron chi connectivity index (χ0n) is 15.4. The maximum absolute atomic E-state index is 13.2. The van der Waals surface area contributed by atoms with E-state index in [9.17, 15) is 18.0 Å². The lowest BCUT2D eigenvalue weighted by Gasteiger charge is -2.46. The summed E-state index contributed by atoms with van der Waals surface area (Å²) in [6, 6.07) is 6.67. The van der Waals surface area contributed by atoms with E-state index < -0.39 is 21.5 Å². The number of carbonyl (C=O) groups is 2. The molecule has 9 heteroatoms. The molecular formula is C18H24ClN3O4S. The van der Waals surface area contributed by atoms with Gasteiger partial charge in [-0.15, -0.1) is 0 Å². The SMILES string of the molecule is C[C@]1(C(=O)NC2CCCC2)CN(S(C)(=O)=O)CC(=O)N1c1ccc(Cl)cc1. The van der Waals surface area contributed by atoms with Gasteiger partial charge in [0.15, 0.2) is 0 Å². The summed E-state index contributed by atoms with van der Waals surface area (Å²) < 4.78 is 25.2. The topological polar surface area (TPSA) is 86.8 Å². The molecule has 2 amide bonds. The van der Waals surface area contributed by atoms with E-state index in [0.717, 1.165) is 36.2 Å². The van der Waals surface area contributed by atoms with Gasteiger partial charge in [0.05, 0.1) is 12.8 Å². The largest absolute Gasteiger partial charge is 0.351 e. The first kappa shape index (κ1) is 20.1. The molecule has 1 atom stereocenters. The van der Waals surface area contributed by atoms with Crippen molar-refractivity contribution in [3.05, 3.63) is 29.3 Å².